The van der Waals surface area contributed by atoms with Gasteiger partial charge in [0.25, 0.3) is 0 Å². The smallest absolute Gasteiger partial charge is 0.306 e. The van der Waals surface area contributed by atoms with E-state index in [1.807, 2.05) is 0 Å². The van der Waals surface area contributed by atoms with Gasteiger partial charge in [-0.2, -0.15) is 0 Å². The first kappa shape index (κ1) is 56.7. The van der Waals surface area contributed by atoms with Crippen molar-refractivity contribution in [3.8, 4) is 0 Å². The predicted molar refractivity (Wildman–Crippen MR) is 243 cm³/mol. The van der Waals surface area contributed by atoms with Gasteiger partial charge < -0.3 is 39.4 Å². The molecule has 6 unspecified atom stereocenters. The minimum absolute atomic E-state index is 0.209. The van der Waals surface area contributed by atoms with E-state index in [1.54, 1.807) is 0 Å². The number of unbranched alkanes of at least 4 members (excludes halogenated alkanes) is 33. The molecule has 1 fully saturated rings. The van der Waals surface area contributed by atoms with Crippen LogP contribution in [0.15, 0.2) is 0 Å². The van der Waals surface area contributed by atoms with Crippen molar-refractivity contribution >= 4 is 11.9 Å². The summed E-state index contributed by atoms with van der Waals surface area (Å²) in [5.74, 6) is -0.788. The highest BCUT2D eigenvalue weighted by Crippen LogP contribution is 2.23. The summed E-state index contributed by atoms with van der Waals surface area (Å²) in [5, 5.41) is 40.1. The Hall–Kier alpha value is -1.30. The highest BCUT2D eigenvalue weighted by molar-refractivity contribution is 5.70. The van der Waals surface area contributed by atoms with E-state index in [0.717, 1.165) is 32.1 Å². The zero-order chi connectivity index (χ0) is 43.7. The lowest BCUT2D eigenvalue weighted by Crippen LogP contribution is -2.59. The van der Waals surface area contributed by atoms with Crippen molar-refractivity contribution in [2.75, 3.05) is 19.8 Å². The molecule has 0 saturated carbocycles. The lowest BCUT2D eigenvalue weighted by Gasteiger charge is -2.39. The SMILES string of the molecule is CCCCCCCCCCCCCCCCCCCCCCCCCC(=O)OC(COC(=O)CCCCCCCCCCCCCC)COC1OC(CO)C(O)C(O)C1O. The fraction of sp³-hybridized carbons (Fsp3) is 0.960. The van der Waals surface area contributed by atoms with Crippen LogP contribution >= 0.6 is 0 Å². The Morgan fingerprint density at radius 3 is 1.13 bits per heavy atom. The minimum Gasteiger partial charge on any atom is -0.462 e. The van der Waals surface area contributed by atoms with Gasteiger partial charge in [0.15, 0.2) is 12.4 Å². The first-order valence-corrected chi connectivity index (χ1v) is 25.6. The summed E-state index contributed by atoms with van der Waals surface area (Å²) in [7, 11) is 0. The quantitative estimate of drug-likeness (QED) is 0.0344. The second kappa shape index (κ2) is 41.7. The highest BCUT2D eigenvalue weighted by Gasteiger charge is 2.44. The van der Waals surface area contributed by atoms with E-state index in [0.29, 0.717) is 6.42 Å². The molecular formula is C50H96O10. The van der Waals surface area contributed by atoms with Crippen molar-refractivity contribution in [2.24, 2.45) is 0 Å². The number of aliphatic hydroxyl groups is 4. The van der Waals surface area contributed by atoms with Gasteiger partial charge in [0.1, 0.15) is 31.0 Å². The Balaban J connectivity index is 2.20. The molecule has 10 heteroatoms. The maximum atomic E-state index is 12.8. The summed E-state index contributed by atoms with van der Waals surface area (Å²) in [4.78, 5) is 25.4. The Labute approximate surface area is 368 Å². The summed E-state index contributed by atoms with van der Waals surface area (Å²) in [6.07, 6.45) is 36.9. The topological polar surface area (TPSA) is 152 Å². The summed E-state index contributed by atoms with van der Waals surface area (Å²) in [5.41, 5.74) is 0. The monoisotopic (exact) mass is 857 g/mol. The maximum absolute atomic E-state index is 12.8. The van der Waals surface area contributed by atoms with Crippen LogP contribution in [0.25, 0.3) is 0 Å². The molecule has 356 valence electrons. The molecule has 1 aliphatic rings. The number of aliphatic hydroxyl groups excluding tert-OH is 4. The molecule has 1 heterocycles. The van der Waals surface area contributed by atoms with E-state index in [9.17, 15) is 30.0 Å². The van der Waals surface area contributed by atoms with Gasteiger partial charge in [-0.1, -0.05) is 226 Å². The average molecular weight is 857 g/mol. The predicted octanol–water partition coefficient (Wildman–Crippen LogP) is 11.7. The summed E-state index contributed by atoms with van der Waals surface area (Å²) in [6, 6.07) is 0. The van der Waals surface area contributed by atoms with E-state index in [2.05, 4.69) is 13.8 Å². The van der Waals surface area contributed by atoms with Gasteiger partial charge in [0, 0.05) is 12.8 Å². The molecule has 0 radical (unpaired) electrons. The molecule has 4 N–H and O–H groups in total. The van der Waals surface area contributed by atoms with Crippen molar-refractivity contribution < 1.29 is 49.0 Å². The highest BCUT2D eigenvalue weighted by atomic mass is 16.7. The molecule has 0 spiro atoms. The molecule has 1 rings (SSSR count). The first-order valence-electron chi connectivity index (χ1n) is 25.6. The third-order valence-corrected chi connectivity index (χ3v) is 12.2. The van der Waals surface area contributed by atoms with Gasteiger partial charge in [-0.15, -0.1) is 0 Å². The van der Waals surface area contributed by atoms with Crippen LogP contribution in [0.4, 0.5) is 0 Å². The van der Waals surface area contributed by atoms with Crippen LogP contribution in [0.2, 0.25) is 0 Å². The second-order valence-electron chi connectivity index (χ2n) is 18.0. The van der Waals surface area contributed by atoms with E-state index in [1.165, 1.54) is 186 Å². The zero-order valence-corrected chi connectivity index (χ0v) is 39.0. The standard InChI is InChI=1S/C50H96O10/c1-3-5-7-9-11-13-15-17-18-19-20-21-22-23-24-25-26-27-29-31-33-35-37-39-46(53)59-43(42-58-50-49(56)48(55)47(54)44(40-51)60-50)41-57-45(52)38-36-34-32-30-28-16-14-12-10-8-6-4-2/h43-44,47-51,54-56H,3-42H2,1-2H3. The molecular weight excluding hydrogens is 761 g/mol. The average Bonchev–Trinajstić information content (AvgIpc) is 3.25. The van der Waals surface area contributed by atoms with Crippen molar-refractivity contribution in [1.29, 1.82) is 0 Å². The Bertz CT molecular complexity index is 948. The molecule has 60 heavy (non-hydrogen) atoms. The lowest BCUT2D eigenvalue weighted by molar-refractivity contribution is -0.305. The number of carbonyl (C=O) groups is 2. The maximum Gasteiger partial charge on any atom is 0.306 e. The van der Waals surface area contributed by atoms with E-state index >= 15 is 0 Å². The minimum atomic E-state index is -1.59. The fourth-order valence-electron chi connectivity index (χ4n) is 8.19. The Kier molecular flexibility index (Phi) is 39.4. The Morgan fingerprint density at radius 2 is 0.783 bits per heavy atom. The third kappa shape index (κ3) is 32.4. The van der Waals surface area contributed by atoms with Crippen molar-refractivity contribution in [2.45, 2.75) is 288 Å². The van der Waals surface area contributed by atoms with Crippen LogP contribution < -0.4 is 0 Å². The third-order valence-electron chi connectivity index (χ3n) is 12.2. The largest absolute Gasteiger partial charge is 0.462 e. The van der Waals surface area contributed by atoms with Gasteiger partial charge in [0.2, 0.25) is 0 Å². The van der Waals surface area contributed by atoms with Crippen LogP contribution in [0.1, 0.15) is 251 Å². The fourth-order valence-corrected chi connectivity index (χ4v) is 8.19. The normalized spacial score (nSPS) is 19.7. The number of rotatable bonds is 44. The molecule has 0 aromatic carbocycles. The summed E-state index contributed by atoms with van der Waals surface area (Å²) >= 11 is 0. The van der Waals surface area contributed by atoms with E-state index in [4.69, 9.17) is 18.9 Å². The number of esters is 2. The van der Waals surface area contributed by atoms with Gasteiger partial charge >= 0.3 is 11.9 Å². The second-order valence-corrected chi connectivity index (χ2v) is 18.0. The molecule has 6 atom stereocenters. The van der Waals surface area contributed by atoms with Crippen molar-refractivity contribution in [3.63, 3.8) is 0 Å². The molecule has 1 aliphatic heterocycles. The van der Waals surface area contributed by atoms with Gasteiger partial charge in [-0.05, 0) is 12.8 Å². The first-order chi connectivity index (χ1) is 29.3. The van der Waals surface area contributed by atoms with Crippen LogP contribution in [-0.2, 0) is 28.5 Å². The summed E-state index contributed by atoms with van der Waals surface area (Å²) in [6.45, 7) is 3.47. The van der Waals surface area contributed by atoms with E-state index in [-0.39, 0.29) is 32.0 Å². The van der Waals surface area contributed by atoms with Crippen molar-refractivity contribution in [1.82, 2.24) is 0 Å². The zero-order valence-electron chi connectivity index (χ0n) is 39.0. The van der Waals surface area contributed by atoms with Crippen LogP contribution in [0, 0.1) is 0 Å². The number of carbonyl (C=O) groups excluding carboxylic acids is 2. The van der Waals surface area contributed by atoms with E-state index < -0.39 is 49.4 Å². The molecule has 0 aromatic rings. The van der Waals surface area contributed by atoms with Crippen molar-refractivity contribution in [3.05, 3.63) is 0 Å². The van der Waals surface area contributed by atoms with Crippen LogP contribution in [0.5, 0.6) is 0 Å². The number of hydrogen-bond donors (Lipinski definition) is 4. The molecule has 0 amide bonds. The van der Waals surface area contributed by atoms with Crippen LogP contribution in [0.3, 0.4) is 0 Å². The molecule has 0 aliphatic carbocycles. The van der Waals surface area contributed by atoms with Gasteiger partial charge in [-0.25, -0.2) is 0 Å². The molecule has 0 aromatic heterocycles. The molecule has 10 nitrogen and oxygen atoms in total. The number of hydrogen-bond acceptors (Lipinski definition) is 10. The van der Waals surface area contributed by atoms with Crippen LogP contribution in [-0.4, -0.2) is 89.0 Å². The Morgan fingerprint density at radius 1 is 0.450 bits per heavy atom. The summed E-state index contributed by atoms with van der Waals surface area (Å²) < 4.78 is 22.2. The molecule has 1 saturated heterocycles. The van der Waals surface area contributed by atoms with Gasteiger partial charge in [-0.3, -0.25) is 9.59 Å². The number of ether oxygens (including phenoxy) is 4. The molecule has 0 bridgehead atoms. The lowest BCUT2D eigenvalue weighted by atomic mass is 9.99. The van der Waals surface area contributed by atoms with Gasteiger partial charge in [0.05, 0.1) is 13.2 Å².